The van der Waals surface area contributed by atoms with Gasteiger partial charge in [-0.05, 0) is 6.92 Å². The van der Waals surface area contributed by atoms with Crippen molar-refractivity contribution in [1.82, 2.24) is 6.15 Å². The van der Waals surface area contributed by atoms with Crippen LogP contribution in [0.1, 0.15) is 6.92 Å². The summed E-state index contributed by atoms with van der Waals surface area (Å²) in [5.74, 6) is 0. The molecule has 0 unspecified atom stereocenters. The number of hydrogen-bond acceptors (Lipinski definition) is 6. The van der Waals surface area contributed by atoms with Crippen LogP contribution in [0.2, 0.25) is 0 Å². The fourth-order valence-corrected chi connectivity index (χ4v) is 0. The monoisotopic (exact) mass is 255 g/mol. The predicted octanol–water partition coefficient (Wildman–Crippen LogP) is -2.98. The van der Waals surface area contributed by atoms with Gasteiger partial charge < -0.3 is 31.4 Å². The lowest BCUT2D eigenvalue weighted by Crippen LogP contribution is -1.62. The summed E-state index contributed by atoms with van der Waals surface area (Å²) in [5.41, 5.74) is 0. The van der Waals surface area contributed by atoms with Crippen LogP contribution in [0.25, 0.3) is 0 Å². The molecule has 0 aliphatic heterocycles. The van der Waals surface area contributed by atoms with Gasteiger partial charge in [0, 0.05) is 6.61 Å². The van der Waals surface area contributed by atoms with Crippen molar-refractivity contribution in [2.45, 2.75) is 6.92 Å². The Labute approximate surface area is 94.2 Å². The highest BCUT2D eigenvalue weighted by Gasteiger charge is 1.54. The number of hydrogen-bond donors (Lipinski definition) is 6. The van der Waals surface area contributed by atoms with E-state index >= 15 is 0 Å². The molecule has 0 radical (unpaired) electrons. The van der Waals surface area contributed by atoms with Gasteiger partial charge in [-0.2, -0.15) is 0 Å². The average molecular weight is 254 g/mol. The lowest BCUT2D eigenvalue weighted by atomic mass is 10.5. The van der Waals surface area contributed by atoms with Gasteiger partial charge in [-0.1, -0.05) is 0 Å². The summed E-state index contributed by atoms with van der Waals surface area (Å²) in [7, 11) is -5.00. The van der Waals surface area contributed by atoms with Crippen LogP contribution in [0.3, 0.4) is 0 Å². The normalized spacial score (nSPS) is 4.62. The fraction of sp³-hybridized carbons (Fsp3) is 1.00. The molecule has 0 aromatic rings. The minimum Gasteiger partial charge on any atom is -0.427 e. The second-order valence-electron chi connectivity index (χ2n) is 0.794. The zero-order valence-corrected chi connectivity index (χ0v) is 8.99. The molecule has 0 heterocycles. The Morgan fingerprint density at radius 2 is 0.750 bits per heavy atom. The van der Waals surface area contributed by atoms with E-state index in [-0.39, 0.29) is 12.8 Å². The molecule has 0 amide bonds. The first-order valence-electron chi connectivity index (χ1n) is 3.36. The van der Waals surface area contributed by atoms with E-state index in [1.54, 1.807) is 6.92 Å². The third-order valence-corrected chi connectivity index (χ3v) is 0. The Kier molecular flexibility index (Phi) is 279. The van der Waals surface area contributed by atoms with Gasteiger partial charge in [0.1, 0.15) is 0 Å². The zero-order chi connectivity index (χ0) is 13.5. The minimum atomic E-state index is -1.25. The lowest BCUT2D eigenvalue weighted by Gasteiger charge is -1.52. The molecule has 0 atom stereocenters. The molecule has 14 heteroatoms. The van der Waals surface area contributed by atoms with Crippen molar-refractivity contribution in [2.75, 3.05) is 6.61 Å². The number of aliphatic hydroxyl groups excluding tert-OH is 1. The van der Waals surface area contributed by atoms with Crippen molar-refractivity contribution in [1.29, 1.82) is 0 Å². The highest BCUT2D eigenvalue weighted by molar-refractivity contribution is 6.15. The second kappa shape index (κ2) is 124. The van der Waals surface area contributed by atoms with Crippen molar-refractivity contribution < 1.29 is 42.5 Å². The van der Waals surface area contributed by atoms with Crippen LogP contribution in [-0.2, 0) is 0 Å². The number of aliphatic hydroxyl groups is 1. The van der Waals surface area contributed by atoms with Crippen LogP contribution < -0.4 is 6.15 Å². The molecule has 0 aromatic heterocycles. The Balaban J connectivity index is -0.0000000192. The highest BCUT2D eigenvalue weighted by atomic mass is 19.1. The van der Waals surface area contributed by atoms with Gasteiger partial charge in [0.2, 0.25) is 0 Å². The van der Waals surface area contributed by atoms with Crippen molar-refractivity contribution in [3.05, 3.63) is 0 Å². The van der Waals surface area contributed by atoms with E-state index < -0.39 is 31.0 Å². The Morgan fingerprint density at radius 1 is 0.750 bits per heavy atom. The first-order chi connectivity index (χ1) is 7.07. The van der Waals surface area contributed by atoms with E-state index in [1.807, 2.05) is 0 Å². The van der Waals surface area contributed by atoms with E-state index in [2.05, 4.69) is 0 Å². The van der Waals surface area contributed by atoms with Crippen molar-refractivity contribution in [2.24, 2.45) is 0 Å². The number of rotatable bonds is 0. The van der Waals surface area contributed by atoms with Gasteiger partial charge in [0.25, 0.3) is 0 Å². The second-order valence-corrected chi connectivity index (χ2v) is 0.794. The van der Waals surface area contributed by atoms with E-state index in [0.29, 0.717) is 0 Å². The summed E-state index contributed by atoms with van der Waals surface area (Å²) < 4.78 is 39.4. The van der Waals surface area contributed by atoms with Crippen LogP contribution in [0.15, 0.2) is 0 Å². The maximum Gasteiger partial charge on any atom is 0.479 e. The smallest absolute Gasteiger partial charge is 0.427 e. The molecule has 0 rings (SSSR count). The topological polar surface area (TPSA) is 136 Å². The Morgan fingerprint density at radius 3 is 0.750 bits per heavy atom. The molecule has 0 aromatic carbocycles. The van der Waals surface area contributed by atoms with E-state index in [1.165, 1.54) is 0 Å². The van der Waals surface area contributed by atoms with Gasteiger partial charge in [-0.25, -0.2) is 0 Å². The van der Waals surface area contributed by atoms with Gasteiger partial charge in [-0.15, -0.1) is 0 Å². The maximum atomic E-state index is 9.85. The largest absolute Gasteiger partial charge is 0.479 e. The molecule has 0 aliphatic rings. The number of halogens is 4. The highest BCUT2D eigenvalue weighted by Crippen LogP contribution is 1.34. The molecule has 0 aliphatic carbocycles. The third-order valence-electron chi connectivity index (χ3n) is 0. The molecular formula is C2H17B4F4NO5. The Hall–Kier alpha value is -0.260. The summed E-state index contributed by atoms with van der Waals surface area (Å²) in [6.45, 7) is 1.93. The van der Waals surface area contributed by atoms with Crippen LogP contribution >= 0.6 is 0 Å². The first kappa shape index (κ1) is 36.0. The molecule has 100 valence electrons. The molecule has 0 saturated carbocycles. The molecule has 16 heavy (non-hydrogen) atoms. The summed E-state index contributed by atoms with van der Waals surface area (Å²) in [5, 5.41) is 35.2. The molecule has 0 bridgehead atoms. The van der Waals surface area contributed by atoms with Crippen molar-refractivity contribution >= 4 is 31.0 Å². The van der Waals surface area contributed by atoms with Gasteiger partial charge in [0.05, 0.1) is 0 Å². The lowest BCUT2D eigenvalue weighted by molar-refractivity contribution is 0.318. The molecule has 0 saturated heterocycles. The molecule has 6 nitrogen and oxygen atoms in total. The fourth-order valence-electron chi connectivity index (χ4n) is 0. The van der Waals surface area contributed by atoms with Crippen molar-refractivity contribution in [3.8, 4) is 0 Å². The predicted molar refractivity (Wildman–Crippen MR) is 59.7 cm³/mol. The molecular weight excluding hydrogens is 237 g/mol. The minimum absolute atomic E-state index is 0. The summed E-state index contributed by atoms with van der Waals surface area (Å²) in [6, 6.07) is 0. The van der Waals surface area contributed by atoms with Crippen LogP contribution in [0, 0.1) is 0 Å². The van der Waals surface area contributed by atoms with Crippen LogP contribution in [0.5, 0.6) is 0 Å². The SMILES string of the molecule is CCO.N.OBF.OBF.OBF.OBF. The standard InChI is InChI=1S/C2H6O.4BFH2O.H3N/c1-2-3;4*2-1-3;/h3H,2H2,1H3;4*1,3H;1H3. The summed E-state index contributed by atoms with van der Waals surface area (Å²) >= 11 is 0. The molecule has 0 fully saturated rings. The van der Waals surface area contributed by atoms with Gasteiger partial charge >= 0.3 is 31.0 Å². The van der Waals surface area contributed by atoms with E-state index in [9.17, 15) is 17.3 Å². The quantitative estimate of drug-likeness (QED) is 0.202. The molecule has 0 spiro atoms. The van der Waals surface area contributed by atoms with Crippen LogP contribution in [-0.4, -0.2) is 62.8 Å². The van der Waals surface area contributed by atoms with E-state index in [4.69, 9.17) is 25.2 Å². The Bertz CT molecular complexity index is 46.0. The zero-order valence-electron chi connectivity index (χ0n) is 8.99. The van der Waals surface area contributed by atoms with E-state index in [0.717, 1.165) is 0 Å². The van der Waals surface area contributed by atoms with Gasteiger partial charge in [-0.3, -0.25) is 17.3 Å². The first-order valence-corrected chi connectivity index (χ1v) is 3.36. The summed E-state index contributed by atoms with van der Waals surface area (Å²) in [6.07, 6.45) is 0. The summed E-state index contributed by atoms with van der Waals surface area (Å²) in [4.78, 5) is 0. The van der Waals surface area contributed by atoms with Crippen molar-refractivity contribution in [3.63, 3.8) is 0 Å². The van der Waals surface area contributed by atoms with Gasteiger partial charge in [0.15, 0.2) is 0 Å². The maximum absolute atomic E-state index is 9.85. The van der Waals surface area contributed by atoms with Crippen LogP contribution in [0.4, 0.5) is 17.3 Å². The molecule has 8 N–H and O–H groups in total. The third kappa shape index (κ3) is 32900. The average Bonchev–Trinajstić information content (AvgIpc) is 2.09.